The number of nitrogens with one attached hydrogen (secondary N) is 1. The van der Waals surface area contributed by atoms with Gasteiger partial charge in [-0.05, 0) is 69.9 Å². The fourth-order valence-corrected chi connectivity index (χ4v) is 6.03. The highest BCUT2D eigenvalue weighted by Gasteiger charge is 2.45. The van der Waals surface area contributed by atoms with E-state index in [4.69, 9.17) is 15.2 Å². The molecule has 1 amide bonds. The molecule has 5 heteroatoms. The van der Waals surface area contributed by atoms with E-state index in [0.29, 0.717) is 30.4 Å². The number of carbonyl (C=O) groups excluding carboxylic acids is 1. The molecule has 1 aromatic rings. The Hall–Kier alpha value is -1.75. The van der Waals surface area contributed by atoms with Crippen LogP contribution in [0, 0.1) is 17.8 Å². The van der Waals surface area contributed by atoms with Crippen LogP contribution in [0.3, 0.4) is 0 Å². The zero-order chi connectivity index (χ0) is 20.1. The van der Waals surface area contributed by atoms with Crippen molar-refractivity contribution in [1.29, 1.82) is 0 Å². The fourth-order valence-electron chi connectivity index (χ4n) is 6.03. The highest BCUT2D eigenvalue weighted by Crippen LogP contribution is 2.49. The van der Waals surface area contributed by atoms with Crippen molar-refractivity contribution in [1.82, 2.24) is 5.32 Å². The van der Waals surface area contributed by atoms with Gasteiger partial charge < -0.3 is 20.5 Å². The first-order valence-corrected chi connectivity index (χ1v) is 11.6. The van der Waals surface area contributed by atoms with Gasteiger partial charge in [0, 0.05) is 41.5 Å². The average Bonchev–Trinajstić information content (AvgIpc) is 3.32. The van der Waals surface area contributed by atoms with Crippen LogP contribution in [0.1, 0.15) is 69.4 Å². The van der Waals surface area contributed by atoms with Gasteiger partial charge in [-0.2, -0.15) is 0 Å². The lowest BCUT2D eigenvalue weighted by molar-refractivity contribution is -0.128. The topological polar surface area (TPSA) is 73.6 Å². The summed E-state index contributed by atoms with van der Waals surface area (Å²) >= 11 is 0. The van der Waals surface area contributed by atoms with Crippen LogP contribution in [0.5, 0.6) is 11.5 Å². The van der Waals surface area contributed by atoms with Crippen LogP contribution in [0.25, 0.3) is 0 Å². The molecule has 5 unspecified atom stereocenters. The van der Waals surface area contributed by atoms with E-state index in [1.807, 2.05) is 6.92 Å². The van der Waals surface area contributed by atoms with Crippen molar-refractivity contribution in [2.75, 3.05) is 6.61 Å². The van der Waals surface area contributed by atoms with Gasteiger partial charge in [0.2, 0.25) is 5.91 Å². The maximum absolute atomic E-state index is 13.0. The van der Waals surface area contributed by atoms with E-state index < -0.39 is 0 Å². The van der Waals surface area contributed by atoms with Crippen molar-refractivity contribution in [3.8, 4) is 11.5 Å². The summed E-state index contributed by atoms with van der Waals surface area (Å²) in [4.78, 5) is 13.0. The molecule has 1 heterocycles. The number of rotatable bonds is 5. The Bertz CT molecular complexity index is 781. The summed E-state index contributed by atoms with van der Waals surface area (Å²) in [5.41, 5.74) is 8.82. The van der Waals surface area contributed by atoms with Gasteiger partial charge in [0.1, 0.15) is 17.6 Å². The summed E-state index contributed by atoms with van der Waals surface area (Å²) in [6.07, 6.45) is 7.75. The van der Waals surface area contributed by atoms with Crippen molar-refractivity contribution >= 4 is 5.91 Å². The zero-order valence-corrected chi connectivity index (χ0v) is 17.7. The predicted octanol–water partition coefficient (Wildman–Crippen LogP) is 3.53. The first-order valence-electron chi connectivity index (χ1n) is 11.6. The minimum atomic E-state index is 0.141. The monoisotopic (exact) mass is 398 g/mol. The van der Waals surface area contributed by atoms with Gasteiger partial charge >= 0.3 is 0 Å². The molecule has 1 aromatic carbocycles. The number of amides is 1. The summed E-state index contributed by atoms with van der Waals surface area (Å²) in [7, 11) is 0. The molecule has 3 aliphatic carbocycles. The van der Waals surface area contributed by atoms with Crippen LogP contribution >= 0.6 is 0 Å². The van der Waals surface area contributed by atoms with Crippen molar-refractivity contribution in [3.63, 3.8) is 0 Å². The molecule has 0 saturated heterocycles. The number of hydrogen-bond donors (Lipinski definition) is 2. The normalized spacial score (nSPS) is 37.4. The predicted molar refractivity (Wildman–Crippen MR) is 112 cm³/mol. The maximum Gasteiger partial charge on any atom is 0.223 e. The van der Waals surface area contributed by atoms with Gasteiger partial charge in [0.15, 0.2) is 0 Å². The molecule has 3 fully saturated rings. The smallest absolute Gasteiger partial charge is 0.223 e. The van der Waals surface area contributed by atoms with Crippen molar-refractivity contribution in [2.24, 2.45) is 23.5 Å². The van der Waals surface area contributed by atoms with Crippen molar-refractivity contribution in [3.05, 3.63) is 23.3 Å². The first-order chi connectivity index (χ1) is 14.0. The Labute approximate surface area is 173 Å². The highest BCUT2D eigenvalue weighted by molar-refractivity contribution is 5.80. The largest absolute Gasteiger partial charge is 0.494 e. The van der Waals surface area contributed by atoms with Crippen LogP contribution in [-0.4, -0.2) is 30.7 Å². The van der Waals surface area contributed by atoms with Gasteiger partial charge in [0.25, 0.3) is 0 Å². The standard InChI is InChI=1S/C24H34N2O3/c1-3-28-22-10-16-7-13(2)29-21(16)12-19(22)18-11-20(18)26-24(27)17-8-14-5-4-6-15(9-17)23(14)25/h10,12-15,17-18,20,23H,3-9,11,25H2,1-2H3,(H,26,27). The SMILES string of the molecule is CCOc1cc2c(cc1C1CC1NC(=O)C1CC3CCCC(C1)C3N)OC(C)C2. The molecule has 0 aromatic heterocycles. The van der Waals surface area contributed by atoms with Crippen LogP contribution in [-0.2, 0) is 11.2 Å². The third-order valence-electron chi connectivity index (χ3n) is 7.63. The summed E-state index contributed by atoms with van der Waals surface area (Å²) in [6, 6.07) is 4.83. The number of carbonyl (C=O) groups is 1. The van der Waals surface area contributed by atoms with Gasteiger partial charge in [-0.1, -0.05) is 6.42 Å². The van der Waals surface area contributed by atoms with Gasteiger partial charge in [-0.25, -0.2) is 0 Å². The van der Waals surface area contributed by atoms with E-state index in [1.54, 1.807) is 0 Å². The molecule has 2 bridgehead atoms. The first kappa shape index (κ1) is 19.2. The molecular weight excluding hydrogens is 364 g/mol. The number of hydrogen-bond acceptors (Lipinski definition) is 4. The van der Waals surface area contributed by atoms with Crippen LogP contribution in [0.4, 0.5) is 0 Å². The third kappa shape index (κ3) is 3.63. The van der Waals surface area contributed by atoms with E-state index in [2.05, 4.69) is 24.4 Å². The molecule has 3 N–H and O–H groups in total. The molecule has 29 heavy (non-hydrogen) atoms. The van der Waals surface area contributed by atoms with E-state index in [1.165, 1.54) is 30.4 Å². The van der Waals surface area contributed by atoms with Crippen molar-refractivity contribution in [2.45, 2.75) is 82.9 Å². The number of nitrogens with two attached hydrogens (primary N) is 1. The van der Waals surface area contributed by atoms with E-state index >= 15 is 0 Å². The second-order valence-electron chi connectivity index (χ2n) is 9.72. The average molecular weight is 399 g/mol. The lowest BCUT2D eigenvalue weighted by Crippen LogP contribution is -2.49. The Morgan fingerprint density at radius 3 is 2.72 bits per heavy atom. The summed E-state index contributed by atoms with van der Waals surface area (Å²) in [6.45, 7) is 4.77. The summed E-state index contributed by atoms with van der Waals surface area (Å²) in [5.74, 6) is 3.73. The quantitative estimate of drug-likeness (QED) is 0.796. The minimum absolute atomic E-state index is 0.141. The molecule has 4 aliphatic rings. The molecular formula is C24H34N2O3. The second-order valence-corrected chi connectivity index (χ2v) is 9.72. The molecule has 5 atom stereocenters. The molecule has 5 rings (SSSR count). The Balaban J connectivity index is 1.25. The van der Waals surface area contributed by atoms with E-state index in [9.17, 15) is 4.79 Å². The number of fused-ring (bicyclic) bond motifs is 3. The van der Waals surface area contributed by atoms with E-state index in [0.717, 1.165) is 37.2 Å². The Morgan fingerprint density at radius 1 is 1.24 bits per heavy atom. The molecule has 0 radical (unpaired) electrons. The second kappa shape index (κ2) is 7.50. The molecule has 0 spiro atoms. The molecule has 1 aliphatic heterocycles. The Morgan fingerprint density at radius 2 is 2.00 bits per heavy atom. The summed E-state index contributed by atoms with van der Waals surface area (Å²) < 4.78 is 11.9. The number of benzene rings is 1. The number of ether oxygens (including phenoxy) is 2. The fraction of sp³-hybridized carbons (Fsp3) is 0.708. The van der Waals surface area contributed by atoms with Crippen LogP contribution in [0.15, 0.2) is 12.1 Å². The van der Waals surface area contributed by atoms with Gasteiger partial charge in [0.05, 0.1) is 6.61 Å². The Kier molecular flexibility index (Phi) is 4.97. The van der Waals surface area contributed by atoms with Crippen LogP contribution < -0.4 is 20.5 Å². The summed E-state index contributed by atoms with van der Waals surface area (Å²) in [5, 5.41) is 3.35. The lowest BCUT2D eigenvalue weighted by Gasteiger charge is -2.43. The maximum atomic E-state index is 13.0. The minimum Gasteiger partial charge on any atom is -0.494 e. The molecule has 158 valence electrons. The van der Waals surface area contributed by atoms with E-state index in [-0.39, 0.29) is 24.0 Å². The highest BCUT2D eigenvalue weighted by atomic mass is 16.5. The third-order valence-corrected chi connectivity index (χ3v) is 7.63. The molecule has 5 nitrogen and oxygen atoms in total. The van der Waals surface area contributed by atoms with Gasteiger partial charge in [-0.15, -0.1) is 0 Å². The van der Waals surface area contributed by atoms with Gasteiger partial charge in [-0.3, -0.25) is 4.79 Å². The zero-order valence-electron chi connectivity index (χ0n) is 17.7. The van der Waals surface area contributed by atoms with Crippen LogP contribution in [0.2, 0.25) is 0 Å². The lowest BCUT2D eigenvalue weighted by atomic mass is 9.65. The van der Waals surface area contributed by atoms with Crippen molar-refractivity contribution < 1.29 is 14.3 Å². The molecule has 3 saturated carbocycles.